The first-order chi connectivity index (χ1) is 15.3. The minimum Gasteiger partial charge on any atom is -0.444 e. The lowest BCUT2D eigenvalue weighted by Gasteiger charge is -2.32. The smallest absolute Gasteiger partial charge is 0.410 e. The highest BCUT2D eigenvalue weighted by Gasteiger charge is 2.38. The average molecular weight is 460 g/mol. The van der Waals surface area contributed by atoms with Crippen LogP contribution in [0.1, 0.15) is 56.6 Å². The highest BCUT2D eigenvalue weighted by Crippen LogP contribution is 2.27. The number of hydrogen-bond donors (Lipinski definition) is 1. The molecule has 0 aliphatic carbocycles. The molecule has 1 aromatic carbocycles. The van der Waals surface area contributed by atoms with Crippen molar-refractivity contribution in [3.8, 4) is 0 Å². The van der Waals surface area contributed by atoms with E-state index in [0.717, 1.165) is 23.4 Å². The molecule has 174 valence electrons. The number of hydrogen-bond acceptors (Lipinski definition) is 6. The fourth-order valence-electron chi connectivity index (χ4n) is 4.00. The van der Waals surface area contributed by atoms with Crippen LogP contribution < -0.4 is 5.32 Å². The number of aromatic nitrogens is 1. The summed E-state index contributed by atoms with van der Waals surface area (Å²) in [5.74, 6) is -0.121. The van der Waals surface area contributed by atoms with Crippen molar-refractivity contribution in [3.63, 3.8) is 0 Å². The van der Waals surface area contributed by atoms with Crippen LogP contribution in [0.5, 0.6) is 0 Å². The molecule has 0 radical (unpaired) electrons. The highest BCUT2D eigenvalue weighted by atomic mass is 32.1. The maximum Gasteiger partial charge on any atom is 0.410 e. The van der Waals surface area contributed by atoms with Gasteiger partial charge in [0, 0.05) is 25.2 Å². The van der Waals surface area contributed by atoms with E-state index in [-0.39, 0.29) is 30.5 Å². The number of nitrogens with zero attached hydrogens (tertiary/aromatic N) is 2. The fourth-order valence-corrected chi connectivity index (χ4v) is 4.68. The molecular formula is C24H33N3O4S. The van der Waals surface area contributed by atoms with E-state index in [1.54, 1.807) is 18.2 Å². The van der Waals surface area contributed by atoms with Crippen LogP contribution >= 0.6 is 11.3 Å². The Hall–Kier alpha value is -2.45. The monoisotopic (exact) mass is 459 g/mol. The van der Waals surface area contributed by atoms with Crippen LogP contribution in [0.15, 0.2) is 41.9 Å². The van der Waals surface area contributed by atoms with Crippen LogP contribution in [0.3, 0.4) is 0 Å². The van der Waals surface area contributed by atoms with E-state index in [0.29, 0.717) is 13.0 Å². The van der Waals surface area contributed by atoms with E-state index >= 15 is 0 Å². The Morgan fingerprint density at radius 2 is 2.03 bits per heavy atom. The molecule has 0 bridgehead atoms. The molecule has 7 nitrogen and oxygen atoms in total. The van der Waals surface area contributed by atoms with E-state index < -0.39 is 11.7 Å². The molecule has 0 unspecified atom stereocenters. The highest BCUT2D eigenvalue weighted by molar-refractivity contribution is 7.09. The van der Waals surface area contributed by atoms with Gasteiger partial charge in [0.1, 0.15) is 10.6 Å². The number of thiazole rings is 1. The van der Waals surface area contributed by atoms with Crippen molar-refractivity contribution in [1.29, 1.82) is 0 Å². The summed E-state index contributed by atoms with van der Waals surface area (Å²) in [4.78, 5) is 31.8. The molecule has 1 saturated heterocycles. The molecule has 1 aliphatic heterocycles. The molecule has 0 saturated carbocycles. The molecule has 2 heterocycles. The lowest BCUT2D eigenvalue weighted by molar-refractivity contribution is -0.125. The SMILES string of the molecule is CO[C@H](CC(=O)N[C@@H](Cc1ccccc1)c1nccs1)[C@@H]1CCCN1C(=O)OC(C)(C)C. The van der Waals surface area contributed by atoms with Gasteiger partial charge in [0.2, 0.25) is 5.91 Å². The van der Waals surface area contributed by atoms with Crippen LogP contribution in [-0.2, 0) is 20.7 Å². The lowest BCUT2D eigenvalue weighted by Crippen LogP contribution is -2.47. The van der Waals surface area contributed by atoms with E-state index in [4.69, 9.17) is 9.47 Å². The molecule has 1 fully saturated rings. The fraction of sp³-hybridized carbons (Fsp3) is 0.542. The first-order valence-corrected chi connectivity index (χ1v) is 11.9. The largest absolute Gasteiger partial charge is 0.444 e. The van der Waals surface area contributed by atoms with Crippen molar-refractivity contribution >= 4 is 23.3 Å². The second-order valence-corrected chi connectivity index (χ2v) is 9.97. The maximum absolute atomic E-state index is 13.0. The third-order valence-electron chi connectivity index (χ3n) is 5.41. The zero-order valence-corrected chi connectivity index (χ0v) is 20.1. The van der Waals surface area contributed by atoms with E-state index in [1.165, 1.54) is 11.3 Å². The van der Waals surface area contributed by atoms with Crippen LogP contribution in [0.25, 0.3) is 0 Å². The van der Waals surface area contributed by atoms with E-state index in [9.17, 15) is 9.59 Å². The van der Waals surface area contributed by atoms with Gasteiger partial charge >= 0.3 is 6.09 Å². The summed E-state index contributed by atoms with van der Waals surface area (Å²) in [6.07, 6.45) is 3.46. The lowest BCUT2D eigenvalue weighted by atomic mass is 10.0. The summed E-state index contributed by atoms with van der Waals surface area (Å²) in [5, 5.41) is 5.91. The quantitative estimate of drug-likeness (QED) is 0.635. The van der Waals surface area contributed by atoms with Crippen molar-refractivity contribution in [2.75, 3.05) is 13.7 Å². The van der Waals surface area contributed by atoms with Crippen LogP contribution in [0.2, 0.25) is 0 Å². The summed E-state index contributed by atoms with van der Waals surface area (Å²) >= 11 is 1.53. The summed E-state index contributed by atoms with van der Waals surface area (Å²) in [6, 6.07) is 9.64. The predicted octanol–water partition coefficient (Wildman–Crippen LogP) is 4.35. The van der Waals surface area contributed by atoms with Crippen LogP contribution in [0.4, 0.5) is 4.79 Å². The predicted molar refractivity (Wildman–Crippen MR) is 125 cm³/mol. The Bertz CT molecular complexity index is 867. The number of carbonyl (C=O) groups is 2. The number of ether oxygens (including phenoxy) is 2. The van der Waals surface area contributed by atoms with Crippen LogP contribution in [-0.4, -0.2) is 53.3 Å². The first-order valence-electron chi connectivity index (χ1n) is 11.0. The number of nitrogens with one attached hydrogen (secondary N) is 1. The minimum absolute atomic E-state index is 0.121. The topological polar surface area (TPSA) is 80.8 Å². The van der Waals surface area contributed by atoms with Crippen LogP contribution in [0, 0.1) is 0 Å². The third kappa shape index (κ3) is 6.77. The van der Waals surface area contributed by atoms with Crippen molar-refractivity contribution in [3.05, 3.63) is 52.5 Å². The Balaban J connectivity index is 1.65. The number of amides is 2. The zero-order chi connectivity index (χ0) is 23.1. The molecule has 2 aromatic rings. The Labute approximate surface area is 194 Å². The Kier molecular flexibility index (Phi) is 8.26. The van der Waals surface area contributed by atoms with Gasteiger partial charge in [-0.2, -0.15) is 0 Å². The average Bonchev–Trinajstić information content (AvgIpc) is 3.43. The molecule has 3 atom stereocenters. The number of benzene rings is 1. The normalized spacial score (nSPS) is 18.2. The number of rotatable bonds is 8. The number of likely N-dealkylation sites (tertiary alicyclic amines) is 1. The molecule has 2 amide bonds. The molecule has 8 heteroatoms. The molecular weight excluding hydrogens is 426 g/mol. The summed E-state index contributed by atoms with van der Waals surface area (Å²) in [7, 11) is 1.59. The third-order valence-corrected chi connectivity index (χ3v) is 6.30. The molecule has 3 rings (SSSR count). The van der Waals surface area contributed by atoms with Gasteiger partial charge in [0.05, 0.1) is 24.6 Å². The summed E-state index contributed by atoms with van der Waals surface area (Å²) in [6.45, 7) is 6.16. The van der Waals surface area contributed by atoms with Crippen molar-refractivity contribution in [2.45, 2.75) is 70.2 Å². The minimum atomic E-state index is -0.567. The van der Waals surface area contributed by atoms with Crippen molar-refractivity contribution < 1.29 is 19.1 Å². The Morgan fingerprint density at radius 1 is 1.28 bits per heavy atom. The van der Waals surface area contributed by atoms with Crippen molar-refractivity contribution in [1.82, 2.24) is 15.2 Å². The van der Waals surface area contributed by atoms with Gasteiger partial charge in [-0.1, -0.05) is 30.3 Å². The molecule has 1 N–H and O–H groups in total. The molecule has 1 aliphatic rings. The van der Waals surface area contributed by atoms with Gasteiger partial charge in [0.15, 0.2) is 0 Å². The van der Waals surface area contributed by atoms with Gasteiger partial charge < -0.3 is 19.7 Å². The number of carbonyl (C=O) groups excluding carboxylic acids is 2. The standard InChI is InChI=1S/C24H33N3O4S/c1-24(2,3)31-23(29)27-13-8-11-19(27)20(30-4)16-21(28)26-18(22-25-12-14-32-22)15-17-9-6-5-7-10-17/h5-7,9-10,12,14,18-20H,8,11,13,15-16H2,1-4H3,(H,26,28)/t18-,19-,20+/m0/s1. The molecule has 0 spiro atoms. The maximum atomic E-state index is 13.0. The molecule has 1 aromatic heterocycles. The second-order valence-electron chi connectivity index (χ2n) is 9.04. The van der Waals surface area contributed by atoms with E-state index in [2.05, 4.69) is 10.3 Å². The van der Waals surface area contributed by atoms with Gasteiger partial charge in [-0.05, 0) is 45.6 Å². The van der Waals surface area contributed by atoms with Gasteiger partial charge in [0.25, 0.3) is 0 Å². The number of methoxy groups -OCH3 is 1. The summed E-state index contributed by atoms with van der Waals surface area (Å²) in [5.41, 5.74) is 0.561. The summed E-state index contributed by atoms with van der Waals surface area (Å²) < 4.78 is 11.2. The molecule has 32 heavy (non-hydrogen) atoms. The van der Waals surface area contributed by atoms with Gasteiger partial charge in [-0.3, -0.25) is 4.79 Å². The first kappa shape index (κ1) is 24.2. The Morgan fingerprint density at radius 3 is 2.66 bits per heavy atom. The van der Waals surface area contributed by atoms with Crippen molar-refractivity contribution in [2.24, 2.45) is 0 Å². The van der Waals surface area contributed by atoms with E-state index in [1.807, 2.05) is 56.5 Å². The van der Waals surface area contributed by atoms with Gasteiger partial charge in [-0.25, -0.2) is 9.78 Å². The van der Waals surface area contributed by atoms with Gasteiger partial charge in [-0.15, -0.1) is 11.3 Å². The second kappa shape index (κ2) is 10.9. The zero-order valence-electron chi connectivity index (χ0n) is 19.2.